The van der Waals surface area contributed by atoms with Crippen molar-refractivity contribution >= 4 is 6.08 Å². The molecule has 2 rings (SSSR count). The Morgan fingerprint density at radius 3 is 3.00 bits per heavy atom. The third-order valence-corrected chi connectivity index (χ3v) is 1.89. The van der Waals surface area contributed by atoms with Crippen molar-refractivity contribution in [3.8, 4) is 0 Å². The lowest BCUT2D eigenvalue weighted by Gasteiger charge is -2.03. The van der Waals surface area contributed by atoms with Crippen molar-refractivity contribution in [3.05, 3.63) is 41.2 Å². The maximum atomic E-state index is 12.7. The lowest BCUT2D eigenvalue weighted by Crippen LogP contribution is -2.04. The molecule has 56 valence electrons. The molecule has 2 N–H and O–H groups in total. The average molecular weight is 149 g/mol. The fraction of sp³-hybridized carbons (Fsp3) is 0.111. The lowest BCUT2D eigenvalue weighted by atomic mass is 10.1. The third kappa shape index (κ3) is 0.955. The maximum absolute atomic E-state index is 12.7. The molecule has 0 saturated heterocycles. The molecule has 1 aromatic rings. The first-order valence-corrected chi connectivity index (χ1v) is 3.50. The van der Waals surface area contributed by atoms with Gasteiger partial charge in [0, 0.05) is 6.04 Å². The van der Waals surface area contributed by atoms with Crippen LogP contribution in [0, 0.1) is 5.82 Å². The fourth-order valence-corrected chi connectivity index (χ4v) is 1.30. The van der Waals surface area contributed by atoms with Gasteiger partial charge in [0.05, 0.1) is 0 Å². The zero-order chi connectivity index (χ0) is 7.84. The van der Waals surface area contributed by atoms with E-state index >= 15 is 0 Å². The Labute approximate surface area is 64.3 Å². The molecule has 1 unspecified atom stereocenters. The summed E-state index contributed by atoms with van der Waals surface area (Å²) in [7, 11) is 0. The predicted octanol–water partition coefficient (Wildman–Crippen LogP) is 1.85. The molecule has 1 nitrogen and oxygen atoms in total. The minimum absolute atomic E-state index is 0.124. The number of fused-ring (bicyclic) bond motifs is 1. The summed E-state index contributed by atoms with van der Waals surface area (Å²) in [5, 5.41) is 0. The first kappa shape index (κ1) is 6.55. The highest BCUT2D eigenvalue weighted by Gasteiger charge is 2.12. The molecule has 0 radical (unpaired) electrons. The van der Waals surface area contributed by atoms with Crippen molar-refractivity contribution in [2.45, 2.75) is 6.04 Å². The van der Waals surface area contributed by atoms with E-state index < -0.39 is 0 Å². The van der Waals surface area contributed by atoms with E-state index in [0.717, 1.165) is 11.1 Å². The molecular formula is C9H8FN. The average Bonchev–Trinajstić information content (AvgIpc) is 2.33. The molecule has 0 saturated carbocycles. The van der Waals surface area contributed by atoms with Crippen molar-refractivity contribution in [3.63, 3.8) is 0 Å². The Bertz CT molecular complexity index is 317. The van der Waals surface area contributed by atoms with Crippen LogP contribution in [0.25, 0.3) is 6.08 Å². The Morgan fingerprint density at radius 2 is 2.18 bits per heavy atom. The van der Waals surface area contributed by atoms with E-state index in [4.69, 9.17) is 5.73 Å². The van der Waals surface area contributed by atoms with E-state index in [1.54, 1.807) is 6.07 Å². The number of rotatable bonds is 0. The van der Waals surface area contributed by atoms with E-state index in [0.29, 0.717) is 0 Å². The molecular weight excluding hydrogens is 141 g/mol. The van der Waals surface area contributed by atoms with Gasteiger partial charge in [0.1, 0.15) is 5.82 Å². The highest BCUT2D eigenvalue weighted by atomic mass is 19.1. The van der Waals surface area contributed by atoms with Gasteiger partial charge in [-0.25, -0.2) is 4.39 Å². The van der Waals surface area contributed by atoms with Gasteiger partial charge in [0.25, 0.3) is 0 Å². The SMILES string of the molecule is NC1C=Cc2ccc(F)cc21. The smallest absolute Gasteiger partial charge is 0.123 e. The van der Waals surface area contributed by atoms with Gasteiger partial charge in [-0.1, -0.05) is 18.2 Å². The zero-order valence-corrected chi connectivity index (χ0v) is 5.92. The van der Waals surface area contributed by atoms with E-state index in [-0.39, 0.29) is 11.9 Å². The first-order valence-electron chi connectivity index (χ1n) is 3.50. The van der Waals surface area contributed by atoms with Crippen LogP contribution in [-0.4, -0.2) is 0 Å². The summed E-state index contributed by atoms with van der Waals surface area (Å²) in [6.45, 7) is 0. The molecule has 0 spiro atoms. The van der Waals surface area contributed by atoms with Crippen LogP contribution in [0.4, 0.5) is 4.39 Å². The molecule has 0 aliphatic heterocycles. The highest BCUT2D eigenvalue weighted by molar-refractivity contribution is 5.61. The van der Waals surface area contributed by atoms with Gasteiger partial charge in [-0.3, -0.25) is 0 Å². The largest absolute Gasteiger partial charge is 0.321 e. The molecule has 0 fully saturated rings. The summed E-state index contributed by atoms with van der Waals surface area (Å²) in [5.74, 6) is -0.220. The Kier molecular flexibility index (Phi) is 1.29. The number of hydrogen-bond donors (Lipinski definition) is 1. The van der Waals surface area contributed by atoms with Crippen LogP contribution < -0.4 is 5.73 Å². The maximum Gasteiger partial charge on any atom is 0.123 e. The van der Waals surface area contributed by atoms with Gasteiger partial charge in [-0.2, -0.15) is 0 Å². The second-order valence-electron chi connectivity index (χ2n) is 2.66. The summed E-state index contributed by atoms with van der Waals surface area (Å²) >= 11 is 0. The van der Waals surface area contributed by atoms with Crippen LogP contribution in [-0.2, 0) is 0 Å². The molecule has 1 aromatic carbocycles. The molecule has 1 aliphatic rings. The molecule has 11 heavy (non-hydrogen) atoms. The fourth-order valence-electron chi connectivity index (χ4n) is 1.30. The topological polar surface area (TPSA) is 26.0 Å². The molecule has 0 bridgehead atoms. The van der Waals surface area contributed by atoms with E-state index in [1.165, 1.54) is 12.1 Å². The van der Waals surface area contributed by atoms with Crippen molar-refractivity contribution < 1.29 is 4.39 Å². The van der Waals surface area contributed by atoms with Crippen LogP contribution in [0.2, 0.25) is 0 Å². The molecule has 0 amide bonds. The lowest BCUT2D eigenvalue weighted by molar-refractivity contribution is 0.624. The first-order chi connectivity index (χ1) is 5.27. The van der Waals surface area contributed by atoms with Crippen molar-refractivity contribution in [2.75, 3.05) is 0 Å². The van der Waals surface area contributed by atoms with Crippen LogP contribution >= 0.6 is 0 Å². The second-order valence-corrected chi connectivity index (χ2v) is 2.66. The highest BCUT2D eigenvalue weighted by Crippen LogP contribution is 2.26. The van der Waals surface area contributed by atoms with Crippen LogP contribution in [0.15, 0.2) is 24.3 Å². The summed E-state index contributed by atoms with van der Waals surface area (Å²) in [6, 6.07) is 4.55. The van der Waals surface area contributed by atoms with Gasteiger partial charge in [0.2, 0.25) is 0 Å². The van der Waals surface area contributed by atoms with E-state index in [2.05, 4.69) is 0 Å². The van der Waals surface area contributed by atoms with Crippen LogP contribution in [0.5, 0.6) is 0 Å². The number of halogens is 1. The minimum Gasteiger partial charge on any atom is -0.321 e. The molecule has 1 atom stereocenters. The summed E-state index contributed by atoms with van der Waals surface area (Å²) < 4.78 is 12.7. The number of hydrogen-bond acceptors (Lipinski definition) is 1. The Hall–Kier alpha value is -1.15. The summed E-state index contributed by atoms with van der Waals surface area (Å²) in [6.07, 6.45) is 3.78. The van der Waals surface area contributed by atoms with Gasteiger partial charge < -0.3 is 5.73 Å². The van der Waals surface area contributed by atoms with Crippen LogP contribution in [0.3, 0.4) is 0 Å². The third-order valence-electron chi connectivity index (χ3n) is 1.89. The van der Waals surface area contributed by atoms with Gasteiger partial charge in [-0.05, 0) is 23.3 Å². The second kappa shape index (κ2) is 2.17. The zero-order valence-electron chi connectivity index (χ0n) is 5.92. The van der Waals surface area contributed by atoms with Gasteiger partial charge >= 0.3 is 0 Å². The van der Waals surface area contributed by atoms with Gasteiger partial charge in [0.15, 0.2) is 0 Å². The molecule has 0 heterocycles. The molecule has 2 heteroatoms. The predicted molar refractivity (Wildman–Crippen MR) is 42.4 cm³/mol. The summed E-state index contributed by atoms with van der Waals surface area (Å²) in [5.41, 5.74) is 7.57. The normalized spacial score (nSPS) is 20.4. The van der Waals surface area contributed by atoms with Crippen molar-refractivity contribution in [2.24, 2.45) is 5.73 Å². The van der Waals surface area contributed by atoms with Gasteiger partial charge in [-0.15, -0.1) is 0 Å². The van der Waals surface area contributed by atoms with Crippen LogP contribution in [0.1, 0.15) is 17.2 Å². The summed E-state index contributed by atoms with van der Waals surface area (Å²) in [4.78, 5) is 0. The van der Waals surface area contributed by atoms with Crippen molar-refractivity contribution in [1.29, 1.82) is 0 Å². The quantitative estimate of drug-likeness (QED) is 0.598. The standard InChI is InChI=1S/C9H8FN/c10-7-3-1-6-2-4-9(11)8(6)5-7/h1-5,9H,11H2. The Balaban J connectivity index is 2.58. The molecule has 0 aromatic heterocycles. The minimum atomic E-state index is -0.220. The number of nitrogens with two attached hydrogens (primary N) is 1. The van der Waals surface area contributed by atoms with E-state index in [9.17, 15) is 4.39 Å². The number of benzene rings is 1. The van der Waals surface area contributed by atoms with Crippen molar-refractivity contribution in [1.82, 2.24) is 0 Å². The molecule has 1 aliphatic carbocycles. The van der Waals surface area contributed by atoms with E-state index in [1.807, 2.05) is 12.2 Å². The monoisotopic (exact) mass is 149 g/mol. The Morgan fingerprint density at radius 1 is 1.36 bits per heavy atom.